The van der Waals surface area contributed by atoms with Gasteiger partial charge < -0.3 is 4.74 Å². The van der Waals surface area contributed by atoms with Gasteiger partial charge in [-0.2, -0.15) is 0 Å². The second kappa shape index (κ2) is 9.71. The lowest BCUT2D eigenvalue weighted by atomic mass is 9.87. The van der Waals surface area contributed by atoms with E-state index in [9.17, 15) is 10.1 Å². The summed E-state index contributed by atoms with van der Waals surface area (Å²) in [6, 6.07) is 22.6. The molecule has 3 aromatic carbocycles. The molecule has 8 nitrogen and oxygen atoms in total. The van der Waals surface area contributed by atoms with Crippen LogP contribution in [0.1, 0.15) is 32.2 Å². The monoisotopic (exact) mass is 517 g/mol. The summed E-state index contributed by atoms with van der Waals surface area (Å²) < 4.78 is 9.48. The van der Waals surface area contributed by atoms with Crippen LogP contribution in [0.3, 0.4) is 0 Å². The number of nitro benzene ring substituents is 1. The highest BCUT2D eigenvalue weighted by Gasteiger charge is 2.19. The molecule has 0 radical (unpaired) electrons. The Morgan fingerprint density at radius 1 is 1.03 bits per heavy atom. The summed E-state index contributed by atoms with van der Waals surface area (Å²) >= 11 is 2.75. The van der Waals surface area contributed by atoms with Crippen molar-refractivity contribution in [2.75, 3.05) is 0 Å². The SMILES string of the molecule is CC(C)(C)c1ccc(OCc2nnc(Sc3nc4ccc([N+](=O)[O-])cc4s3)n2-c2ccccc2)cc1. The fraction of sp³-hybridized carbons (Fsp3) is 0.192. The molecule has 0 aliphatic heterocycles. The van der Waals surface area contributed by atoms with Gasteiger partial charge in [-0.15, -0.1) is 21.5 Å². The van der Waals surface area contributed by atoms with Gasteiger partial charge in [0.25, 0.3) is 5.69 Å². The molecule has 0 fully saturated rings. The molecule has 5 aromatic rings. The summed E-state index contributed by atoms with van der Waals surface area (Å²) in [6.07, 6.45) is 0. The Morgan fingerprint density at radius 2 is 1.78 bits per heavy atom. The predicted octanol–water partition coefficient (Wildman–Crippen LogP) is 6.81. The molecule has 2 aromatic heterocycles. The summed E-state index contributed by atoms with van der Waals surface area (Å²) in [5, 5.41) is 20.6. The second-order valence-corrected chi connectivity index (χ2v) is 11.4. The van der Waals surface area contributed by atoms with Gasteiger partial charge in [-0.1, -0.05) is 51.1 Å². The van der Waals surface area contributed by atoms with Crippen LogP contribution < -0.4 is 4.74 Å². The number of fused-ring (bicyclic) bond motifs is 1. The van der Waals surface area contributed by atoms with E-state index < -0.39 is 4.92 Å². The van der Waals surface area contributed by atoms with Crippen LogP contribution in [0.25, 0.3) is 15.9 Å². The van der Waals surface area contributed by atoms with Gasteiger partial charge in [0, 0.05) is 17.8 Å². The molecule has 5 rings (SSSR count). The molecule has 0 N–H and O–H groups in total. The molecule has 0 amide bonds. The lowest BCUT2D eigenvalue weighted by molar-refractivity contribution is -0.384. The number of non-ortho nitro benzene ring substituents is 1. The Bertz CT molecular complexity index is 1520. The number of aromatic nitrogens is 4. The highest BCUT2D eigenvalue weighted by Crippen LogP contribution is 2.36. The van der Waals surface area contributed by atoms with Crippen molar-refractivity contribution in [2.45, 2.75) is 42.3 Å². The van der Waals surface area contributed by atoms with Gasteiger partial charge in [0.1, 0.15) is 12.4 Å². The van der Waals surface area contributed by atoms with E-state index in [2.05, 4.69) is 48.1 Å². The summed E-state index contributed by atoms with van der Waals surface area (Å²) in [4.78, 5) is 15.3. The molecule has 0 atom stereocenters. The number of benzene rings is 3. The van der Waals surface area contributed by atoms with Gasteiger partial charge >= 0.3 is 0 Å². The van der Waals surface area contributed by atoms with Crippen LogP contribution in [0.5, 0.6) is 5.75 Å². The number of thiazole rings is 1. The van der Waals surface area contributed by atoms with Crippen molar-refractivity contribution in [3.05, 3.63) is 94.3 Å². The first-order valence-corrected chi connectivity index (χ1v) is 12.9. The highest BCUT2D eigenvalue weighted by atomic mass is 32.2. The fourth-order valence-electron chi connectivity index (χ4n) is 3.62. The van der Waals surface area contributed by atoms with Crippen LogP contribution in [-0.2, 0) is 12.0 Å². The summed E-state index contributed by atoms with van der Waals surface area (Å²) in [6.45, 7) is 6.77. The number of ether oxygens (including phenoxy) is 1. The zero-order valence-electron chi connectivity index (χ0n) is 19.9. The standard InChI is InChI=1S/C26H23N5O3S2/c1-26(2,3)17-9-12-20(13-10-17)34-16-23-28-29-24(30(23)18-7-5-4-6-8-18)36-25-27-21-14-11-19(31(32)33)15-22(21)35-25/h4-15H,16H2,1-3H3. The van der Waals surface area contributed by atoms with E-state index in [1.165, 1.54) is 34.7 Å². The molecule has 0 unspecified atom stereocenters. The minimum absolute atomic E-state index is 0.0464. The molecular formula is C26H23N5O3S2. The van der Waals surface area contributed by atoms with E-state index >= 15 is 0 Å². The van der Waals surface area contributed by atoms with Crippen molar-refractivity contribution in [2.24, 2.45) is 0 Å². The van der Waals surface area contributed by atoms with Crippen molar-refractivity contribution in [3.8, 4) is 11.4 Å². The minimum atomic E-state index is -0.402. The third-order valence-electron chi connectivity index (χ3n) is 5.54. The quantitative estimate of drug-likeness (QED) is 0.173. The molecule has 36 heavy (non-hydrogen) atoms. The van der Waals surface area contributed by atoms with Crippen LogP contribution in [0.4, 0.5) is 5.69 Å². The first-order chi connectivity index (χ1) is 17.3. The molecule has 0 bridgehead atoms. The summed E-state index contributed by atoms with van der Waals surface area (Å²) in [7, 11) is 0. The van der Waals surface area contributed by atoms with Crippen molar-refractivity contribution >= 4 is 39.0 Å². The maximum atomic E-state index is 11.1. The third kappa shape index (κ3) is 5.09. The average Bonchev–Trinajstić information content (AvgIpc) is 3.45. The predicted molar refractivity (Wildman–Crippen MR) is 141 cm³/mol. The van der Waals surface area contributed by atoms with Gasteiger partial charge in [0.2, 0.25) is 5.16 Å². The van der Waals surface area contributed by atoms with Crippen LogP contribution in [0, 0.1) is 10.1 Å². The molecule has 0 saturated carbocycles. The molecule has 0 aliphatic carbocycles. The Hall–Kier alpha value is -3.76. The number of rotatable bonds is 7. The molecule has 0 aliphatic rings. The Kier molecular flexibility index (Phi) is 6.46. The average molecular weight is 518 g/mol. The number of hydrogen-bond donors (Lipinski definition) is 0. The zero-order valence-corrected chi connectivity index (χ0v) is 21.5. The van der Waals surface area contributed by atoms with Crippen molar-refractivity contribution in [1.82, 2.24) is 19.7 Å². The van der Waals surface area contributed by atoms with E-state index in [0.29, 0.717) is 16.5 Å². The van der Waals surface area contributed by atoms with Crippen molar-refractivity contribution in [1.29, 1.82) is 0 Å². The van der Waals surface area contributed by atoms with Gasteiger partial charge in [-0.3, -0.25) is 14.7 Å². The molecule has 182 valence electrons. The van der Waals surface area contributed by atoms with Crippen LogP contribution in [-0.4, -0.2) is 24.7 Å². The van der Waals surface area contributed by atoms with E-state index in [4.69, 9.17) is 4.74 Å². The van der Waals surface area contributed by atoms with E-state index in [1.54, 1.807) is 12.1 Å². The topological polar surface area (TPSA) is 96.0 Å². The lowest BCUT2D eigenvalue weighted by Gasteiger charge is -2.19. The number of hydrogen-bond acceptors (Lipinski definition) is 8. The van der Waals surface area contributed by atoms with Gasteiger partial charge in [0.15, 0.2) is 10.2 Å². The maximum absolute atomic E-state index is 11.1. The van der Waals surface area contributed by atoms with Crippen LogP contribution in [0.2, 0.25) is 0 Å². The molecule has 10 heteroatoms. The third-order valence-corrected chi connectivity index (χ3v) is 7.57. The molecule has 0 saturated heterocycles. The van der Waals surface area contributed by atoms with Gasteiger partial charge in [0.05, 0.1) is 15.1 Å². The first kappa shape index (κ1) is 24.0. The van der Waals surface area contributed by atoms with Crippen molar-refractivity contribution in [3.63, 3.8) is 0 Å². The molecule has 2 heterocycles. The maximum Gasteiger partial charge on any atom is 0.270 e. The Morgan fingerprint density at radius 3 is 2.47 bits per heavy atom. The van der Waals surface area contributed by atoms with E-state index in [-0.39, 0.29) is 17.7 Å². The summed E-state index contributed by atoms with van der Waals surface area (Å²) in [5.74, 6) is 1.41. The van der Waals surface area contributed by atoms with Crippen LogP contribution >= 0.6 is 23.1 Å². The smallest absolute Gasteiger partial charge is 0.270 e. The molecular weight excluding hydrogens is 494 g/mol. The highest BCUT2D eigenvalue weighted by molar-refractivity contribution is 8.01. The number of nitro groups is 1. The van der Waals surface area contributed by atoms with Gasteiger partial charge in [-0.05, 0) is 53.1 Å². The zero-order chi connectivity index (χ0) is 25.3. The first-order valence-electron chi connectivity index (χ1n) is 11.2. The minimum Gasteiger partial charge on any atom is -0.486 e. The Balaban J connectivity index is 1.42. The van der Waals surface area contributed by atoms with E-state index in [0.717, 1.165) is 20.5 Å². The summed E-state index contributed by atoms with van der Waals surface area (Å²) in [5.41, 5.74) is 2.97. The number of nitrogens with zero attached hydrogens (tertiary/aromatic N) is 5. The van der Waals surface area contributed by atoms with Gasteiger partial charge in [-0.25, -0.2) is 4.98 Å². The number of para-hydroxylation sites is 1. The lowest BCUT2D eigenvalue weighted by Crippen LogP contribution is -2.10. The molecule has 0 spiro atoms. The van der Waals surface area contributed by atoms with E-state index in [1.807, 2.05) is 47.0 Å². The largest absolute Gasteiger partial charge is 0.486 e. The normalized spacial score (nSPS) is 11.6. The Labute approximate surface area is 216 Å². The second-order valence-electron chi connectivity index (χ2n) is 9.12. The fourth-order valence-corrected chi connectivity index (χ4v) is 5.70. The van der Waals surface area contributed by atoms with Crippen molar-refractivity contribution < 1.29 is 9.66 Å². The van der Waals surface area contributed by atoms with Crippen LogP contribution in [0.15, 0.2) is 82.3 Å².